The van der Waals surface area contributed by atoms with E-state index in [4.69, 9.17) is 11.6 Å². The van der Waals surface area contributed by atoms with Gasteiger partial charge >= 0.3 is 0 Å². The third-order valence-corrected chi connectivity index (χ3v) is 5.24. The number of carbonyl (C=O) groups excluding carboxylic acids is 1. The zero-order chi connectivity index (χ0) is 20.9. The molecule has 0 heterocycles. The molecule has 0 bridgehead atoms. The van der Waals surface area contributed by atoms with Gasteiger partial charge in [-0.15, -0.1) is 0 Å². The third-order valence-electron chi connectivity index (χ3n) is 3.71. The van der Waals surface area contributed by atoms with Crippen molar-refractivity contribution in [3.8, 4) is 0 Å². The fourth-order valence-electron chi connectivity index (χ4n) is 2.41. The van der Waals surface area contributed by atoms with Crippen molar-refractivity contribution >= 4 is 44.6 Å². The summed E-state index contributed by atoms with van der Waals surface area (Å²) >= 11 is 5.93. The molecule has 0 radical (unpaired) electrons. The van der Waals surface area contributed by atoms with E-state index < -0.39 is 26.7 Å². The first-order chi connectivity index (χ1) is 13.1. The molecule has 0 aliphatic rings. The van der Waals surface area contributed by atoms with Crippen molar-refractivity contribution < 1.29 is 22.5 Å². The predicted octanol–water partition coefficient (Wildman–Crippen LogP) is 3.57. The number of hydrogen-bond acceptors (Lipinski definition) is 5. The van der Waals surface area contributed by atoms with E-state index in [1.54, 1.807) is 0 Å². The van der Waals surface area contributed by atoms with E-state index in [2.05, 4.69) is 5.32 Å². The first-order valence-corrected chi connectivity index (χ1v) is 10.3. The van der Waals surface area contributed by atoms with Crippen molar-refractivity contribution in [3.63, 3.8) is 0 Å². The van der Waals surface area contributed by atoms with Gasteiger partial charge in [0.05, 0.1) is 27.6 Å². The third kappa shape index (κ3) is 5.89. The molecule has 8 nitrogen and oxygen atoms in total. The minimum Gasteiger partial charge on any atom is -0.325 e. The average molecular weight is 430 g/mol. The SMILES string of the molecule is CS(=O)(=O)N(CCCC(=O)Nc1cc([N+](=O)[O-])ccc1Cl)c1ccc(F)cc1. The Morgan fingerprint density at radius 1 is 1.25 bits per heavy atom. The molecule has 0 spiro atoms. The summed E-state index contributed by atoms with van der Waals surface area (Å²) in [6.45, 7) is 0.000551. The summed E-state index contributed by atoms with van der Waals surface area (Å²) in [4.78, 5) is 22.3. The molecule has 1 N–H and O–H groups in total. The Kier molecular flexibility index (Phi) is 6.92. The number of hydrogen-bond donors (Lipinski definition) is 1. The van der Waals surface area contributed by atoms with Gasteiger partial charge < -0.3 is 5.32 Å². The number of nitrogens with one attached hydrogen (secondary N) is 1. The van der Waals surface area contributed by atoms with Gasteiger partial charge in [0.1, 0.15) is 5.82 Å². The number of carbonyl (C=O) groups is 1. The van der Waals surface area contributed by atoms with Crippen molar-refractivity contribution in [1.82, 2.24) is 0 Å². The lowest BCUT2D eigenvalue weighted by atomic mass is 10.2. The summed E-state index contributed by atoms with van der Waals surface area (Å²) in [6.07, 6.45) is 1.13. The van der Waals surface area contributed by atoms with Gasteiger partial charge in [-0.2, -0.15) is 0 Å². The summed E-state index contributed by atoms with van der Waals surface area (Å²) in [7, 11) is -3.63. The van der Waals surface area contributed by atoms with Crippen LogP contribution in [0.2, 0.25) is 5.02 Å². The Bertz CT molecular complexity index is 983. The second kappa shape index (κ2) is 8.98. The minimum absolute atomic E-state index is 0.000551. The van der Waals surface area contributed by atoms with Gasteiger partial charge in [0.15, 0.2) is 0 Å². The molecule has 0 unspecified atom stereocenters. The Morgan fingerprint density at radius 3 is 2.46 bits per heavy atom. The van der Waals surface area contributed by atoms with Crippen LogP contribution in [0.1, 0.15) is 12.8 Å². The molecule has 0 aliphatic heterocycles. The summed E-state index contributed by atoms with van der Waals surface area (Å²) in [6, 6.07) is 8.61. The lowest BCUT2D eigenvalue weighted by molar-refractivity contribution is -0.384. The highest BCUT2D eigenvalue weighted by Crippen LogP contribution is 2.27. The summed E-state index contributed by atoms with van der Waals surface area (Å²) < 4.78 is 38.1. The van der Waals surface area contributed by atoms with Gasteiger partial charge in [-0.1, -0.05) is 11.6 Å². The van der Waals surface area contributed by atoms with Gasteiger partial charge in [0.25, 0.3) is 5.69 Å². The van der Waals surface area contributed by atoms with Crippen LogP contribution in [-0.4, -0.2) is 32.0 Å². The number of rotatable bonds is 8. The van der Waals surface area contributed by atoms with E-state index in [1.807, 2.05) is 0 Å². The molecule has 1 amide bonds. The van der Waals surface area contributed by atoms with Crippen molar-refractivity contribution in [3.05, 3.63) is 63.4 Å². The summed E-state index contributed by atoms with van der Waals surface area (Å²) in [5.41, 5.74) is 0.157. The Balaban J connectivity index is 2.01. The predicted molar refractivity (Wildman–Crippen MR) is 105 cm³/mol. The highest BCUT2D eigenvalue weighted by Gasteiger charge is 2.18. The topological polar surface area (TPSA) is 110 Å². The smallest absolute Gasteiger partial charge is 0.271 e. The van der Waals surface area contributed by atoms with Gasteiger partial charge in [-0.25, -0.2) is 12.8 Å². The zero-order valence-electron chi connectivity index (χ0n) is 14.8. The normalized spacial score (nSPS) is 11.1. The van der Waals surface area contributed by atoms with Crippen LogP contribution in [0.25, 0.3) is 0 Å². The molecule has 150 valence electrons. The maximum Gasteiger partial charge on any atom is 0.271 e. The maximum atomic E-state index is 13.0. The van der Waals surface area contributed by atoms with Crippen molar-refractivity contribution in [1.29, 1.82) is 0 Å². The number of anilines is 2. The molecule has 0 fully saturated rings. The molecule has 0 saturated carbocycles. The summed E-state index contributed by atoms with van der Waals surface area (Å²) in [5, 5.41) is 13.4. The standard InChI is InChI=1S/C17H17ClFN3O5S/c1-28(26,27)21(13-6-4-12(19)5-7-13)10-2-3-17(23)20-16-11-14(22(24)25)8-9-15(16)18/h4-9,11H,2-3,10H2,1H3,(H,20,23). The first kappa shape index (κ1) is 21.6. The van der Waals surface area contributed by atoms with Crippen LogP contribution in [0, 0.1) is 15.9 Å². The molecule has 2 aromatic rings. The van der Waals surface area contributed by atoms with Gasteiger partial charge in [-0.3, -0.25) is 19.2 Å². The molecule has 0 aromatic heterocycles. The lowest BCUT2D eigenvalue weighted by Gasteiger charge is -2.22. The number of sulfonamides is 1. The quantitative estimate of drug-likeness (QED) is 0.509. The largest absolute Gasteiger partial charge is 0.325 e. The van der Waals surface area contributed by atoms with Crippen molar-refractivity contribution in [2.24, 2.45) is 0 Å². The number of benzene rings is 2. The molecule has 0 atom stereocenters. The first-order valence-electron chi connectivity index (χ1n) is 8.05. The maximum absolute atomic E-state index is 13.0. The highest BCUT2D eigenvalue weighted by atomic mass is 35.5. The number of nitro groups is 1. The van der Waals surface area contributed by atoms with E-state index in [-0.39, 0.29) is 41.5 Å². The fraction of sp³-hybridized carbons (Fsp3) is 0.235. The number of halogens is 2. The van der Waals surface area contributed by atoms with Crippen LogP contribution >= 0.6 is 11.6 Å². The number of non-ortho nitro benzene ring substituents is 1. The fourth-order valence-corrected chi connectivity index (χ4v) is 3.54. The second-order valence-corrected chi connectivity index (χ2v) is 8.20. The number of amides is 1. The minimum atomic E-state index is -3.63. The van der Waals surface area contributed by atoms with E-state index in [0.29, 0.717) is 0 Å². The molecule has 0 saturated heterocycles. The second-order valence-electron chi connectivity index (χ2n) is 5.88. The number of nitro benzene ring substituents is 1. The van der Waals surface area contributed by atoms with Crippen LogP contribution in [-0.2, 0) is 14.8 Å². The highest BCUT2D eigenvalue weighted by molar-refractivity contribution is 7.92. The number of nitrogens with zero attached hydrogens (tertiary/aromatic N) is 2. The average Bonchev–Trinajstić information content (AvgIpc) is 2.60. The lowest BCUT2D eigenvalue weighted by Crippen LogP contribution is -2.31. The molecular weight excluding hydrogens is 413 g/mol. The van der Waals surface area contributed by atoms with E-state index >= 15 is 0 Å². The van der Waals surface area contributed by atoms with Crippen LogP contribution in [0.5, 0.6) is 0 Å². The Labute approximate surface area is 166 Å². The molecule has 2 rings (SSSR count). The van der Waals surface area contributed by atoms with Crippen LogP contribution in [0.3, 0.4) is 0 Å². The van der Waals surface area contributed by atoms with E-state index in [1.165, 1.54) is 24.3 Å². The molecule has 11 heteroatoms. The zero-order valence-corrected chi connectivity index (χ0v) is 16.3. The molecule has 2 aromatic carbocycles. The van der Waals surface area contributed by atoms with Crippen molar-refractivity contribution in [2.45, 2.75) is 12.8 Å². The molecule has 28 heavy (non-hydrogen) atoms. The van der Waals surface area contributed by atoms with E-state index in [9.17, 15) is 27.7 Å². The van der Waals surface area contributed by atoms with Crippen LogP contribution in [0.15, 0.2) is 42.5 Å². The molecule has 0 aliphatic carbocycles. The summed E-state index contributed by atoms with van der Waals surface area (Å²) in [5.74, 6) is -0.972. The Morgan fingerprint density at radius 2 is 1.89 bits per heavy atom. The van der Waals surface area contributed by atoms with Gasteiger partial charge in [0, 0.05) is 25.1 Å². The van der Waals surface area contributed by atoms with Crippen LogP contribution < -0.4 is 9.62 Å². The molecular formula is C17H17ClFN3O5S. The monoisotopic (exact) mass is 429 g/mol. The Hall–Kier alpha value is -2.72. The van der Waals surface area contributed by atoms with Crippen LogP contribution in [0.4, 0.5) is 21.5 Å². The van der Waals surface area contributed by atoms with E-state index in [0.717, 1.165) is 28.8 Å². The van der Waals surface area contributed by atoms with Crippen molar-refractivity contribution in [2.75, 3.05) is 22.4 Å². The van der Waals surface area contributed by atoms with Gasteiger partial charge in [0.2, 0.25) is 15.9 Å². The van der Waals surface area contributed by atoms with Gasteiger partial charge in [-0.05, 0) is 36.8 Å².